The second-order valence-electron chi connectivity index (χ2n) is 6.66. The van der Waals surface area contributed by atoms with Crippen molar-refractivity contribution in [3.63, 3.8) is 0 Å². The van der Waals surface area contributed by atoms with E-state index in [2.05, 4.69) is 20.9 Å². The third kappa shape index (κ3) is 6.48. The summed E-state index contributed by atoms with van der Waals surface area (Å²) in [5.74, 6) is -0.915. The Kier molecular flexibility index (Phi) is 7.65. The molecule has 2 aromatic rings. The molecular weight excluding hydrogens is 358 g/mol. The molecule has 0 saturated heterocycles. The van der Waals surface area contributed by atoms with Crippen molar-refractivity contribution in [2.24, 2.45) is 11.7 Å². The van der Waals surface area contributed by atoms with E-state index in [0.29, 0.717) is 11.3 Å². The van der Waals surface area contributed by atoms with E-state index in [0.717, 1.165) is 5.56 Å². The van der Waals surface area contributed by atoms with Crippen LogP contribution in [-0.4, -0.2) is 35.3 Å². The lowest BCUT2D eigenvalue weighted by molar-refractivity contribution is -0.127. The number of nitrogens with zero attached hydrogens (tertiary/aromatic N) is 1. The number of nitrogens with two attached hydrogens (primary N) is 1. The lowest BCUT2D eigenvalue weighted by atomic mass is 10.1. The van der Waals surface area contributed by atoms with Gasteiger partial charge in [0.15, 0.2) is 0 Å². The zero-order chi connectivity index (χ0) is 20.5. The number of anilines is 1. The van der Waals surface area contributed by atoms with Crippen molar-refractivity contribution in [3.8, 4) is 0 Å². The van der Waals surface area contributed by atoms with Crippen LogP contribution in [0.15, 0.2) is 48.8 Å². The van der Waals surface area contributed by atoms with Crippen LogP contribution in [0.3, 0.4) is 0 Å². The van der Waals surface area contributed by atoms with Gasteiger partial charge in [-0.25, -0.2) is 0 Å². The molecule has 1 aromatic heterocycles. The summed E-state index contributed by atoms with van der Waals surface area (Å²) in [5.41, 5.74) is 7.66. The first-order chi connectivity index (χ1) is 13.4. The van der Waals surface area contributed by atoms with E-state index in [1.165, 1.54) is 0 Å². The summed E-state index contributed by atoms with van der Waals surface area (Å²) in [4.78, 5) is 39.7. The van der Waals surface area contributed by atoms with Crippen molar-refractivity contribution >= 4 is 23.4 Å². The minimum absolute atomic E-state index is 0.00284. The Hall–Kier alpha value is -3.26. The Morgan fingerprint density at radius 1 is 1.07 bits per heavy atom. The molecule has 0 aliphatic carbocycles. The SMILES string of the molecule is CC(C)[C@H](N)C(=O)NCC(=O)NCc1ccc(C(=O)Nc2cccnc2)cc1. The van der Waals surface area contributed by atoms with Crippen LogP contribution in [0.4, 0.5) is 5.69 Å². The molecule has 1 atom stereocenters. The fraction of sp³-hybridized carbons (Fsp3) is 0.300. The lowest BCUT2D eigenvalue weighted by Gasteiger charge is -2.15. The van der Waals surface area contributed by atoms with E-state index in [1.54, 1.807) is 48.8 Å². The van der Waals surface area contributed by atoms with Gasteiger partial charge >= 0.3 is 0 Å². The zero-order valence-corrected chi connectivity index (χ0v) is 15.9. The number of aromatic nitrogens is 1. The first kappa shape index (κ1) is 21.0. The molecule has 0 saturated carbocycles. The first-order valence-corrected chi connectivity index (χ1v) is 8.97. The summed E-state index contributed by atoms with van der Waals surface area (Å²) in [5, 5.41) is 7.97. The highest BCUT2D eigenvalue weighted by Crippen LogP contribution is 2.09. The Morgan fingerprint density at radius 2 is 1.79 bits per heavy atom. The lowest BCUT2D eigenvalue weighted by Crippen LogP contribution is -2.47. The fourth-order valence-electron chi connectivity index (χ4n) is 2.27. The Bertz CT molecular complexity index is 806. The molecular formula is C20H25N5O3. The number of nitrogens with one attached hydrogen (secondary N) is 3. The molecule has 2 rings (SSSR count). The van der Waals surface area contributed by atoms with Crippen molar-refractivity contribution in [1.29, 1.82) is 0 Å². The molecule has 0 aliphatic rings. The first-order valence-electron chi connectivity index (χ1n) is 8.97. The van der Waals surface area contributed by atoms with Crippen molar-refractivity contribution in [1.82, 2.24) is 15.6 Å². The predicted molar refractivity (Wildman–Crippen MR) is 106 cm³/mol. The van der Waals surface area contributed by atoms with Gasteiger partial charge in [-0.3, -0.25) is 19.4 Å². The molecule has 1 heterocycles. The number of benzene rings is 1. The third-order valence-electron chi connectivity index (χ3n) is 4.07. The minimum atomic E-state index is -0.641. The Labute approximate surface area is 163 Å². The molecule has 28 heavy (non-hydrogen) atoms. The molecule has 0 fully saturated rings. The second-order valence-corrected chi connectivity index (χ2v) is 6.66. The largest absolute Gasteiger partial charge is 0.350 e. The summed E-state index contributed by atoms with van der Waals surface area (Å²) in [6, 6.07) is 9.71. The van der Waals surface area contributed by atoms with Crippen LogP contribution in [0.2, 0.25) is 0 Å². The van der Waals surface area contributed by atoms with Crippen LogP contribution >= 0.6 is 0 Å². The molecule has 8 nitrogen and oxygen atoms in total. The van der Waals surface area contributed by atoms with Gasteiger partial charge < -0.3 is 21.7 Å². The van der Waals surface area contributed by atoms with Gasteiger partial charge in [0.1, 0.15) is 0 Å². The summed E-state index contributed by atoms with van der Waals surface area (Å²) in [7, 11) is 0. The zero-order valence-electron chi connectivity index (χ0n) is 15.9. The van der Waals surface area contributed by atoms with Gasteiger partial charge in [0.05, 0.1) is 24.5 Å². The van der Waals surface area contributed by atoms with E-state index >= 15 is 0 Å². The highest BCUT2D eigenvalue weighted by atomic mass is 16.2. The second kappa shape index (κ2) is 10.2. The van der Waals surface area contributed by atoms with Crippen LogP contribution in [-0.2, 0) is 16.1 Å². The van der Waals surface area contributed by atoms with E-state index in [-0.39, 0.29) is 36.7 Å². The van der Waals surface area contributed by atoms with E-state index in [4.69, 9.17) is 5.73 Å². The van der Waals surface area contributed by atoms with Gasteiger partial charge in [-0.2, -0.15) is 0 Å². The molecule has 0 unspecified atom stereocenters. The Morgan fingerprint density at radius 3 is 2.39 bits per heavy atom. The van der Waals surface area contributed by atoms with Crippen molar-refractivity contribution in [2.45, 2.75) is 26.4 Å². The maximum Gasteiger partial charge on any atom is 0.255 e. The van der Waals surface area contributed by atoms with Crippen LogP contribution < -0.4 is 21.7 Å². The van der Waals surface area contributed by atoms with Crippen molar-refractivity contribution < 1.29 is 14.4 Å². The summed E-state index contributed by atoms with van der Waals surface area (Å²) >= 11 is 0. The molecule has 0 aliphatic heterocycles. The fourth-order valence-corrected chi connectivity index (χ4v) is 2.27. The van der Waals surface area contributed by atoms with Gasteiger partial charge in [-0.1, -0.05) is 26.0 Å². The number of carbonyl (C=O) groups is 3. The molecule has 0 spiro atoms. The molecule has 5 N–H and O–H groups in total. The number of hydrogen-bond donors (Lipinski definition) is 4. The maximum absolute atomic E-state index is 12.2. The van der Waals surface area contributed by atoms with Crippen LogP contribution in [0.5, 0.6) is 0 Å². The Balaban J connectivity index is 1.78. The van der Waals surface area contributed by atoms with Crippen LogP contribution in [0.25, 0.3) is 0 Å². The highest BCUT2D eigenvalue weighted by molar-refractivity contribution is 6.04. The van der Waals surface area contributed by atoms with Crippen LogP contribution in [0, 0.1) is 5.92 Å². The molecule has 0 bridgehead atoms. The quantitative estimate of drug-likeness (QED) is 0.542. The smallest absolute Gasteiger partial charge is 0.255 e. The number of pyridine rings is 1. The number of rotatable bonds is 8. The van der Waals surface area contributed by atoms with Gasteiger partial charge in [0.2, 0.25) is 11.8 Å². The van der Waals surface area contributed by atoms with Crippen molar-refractivity contribution in [2.75, 3.05) is 11.9 Å². The molecule has 1 aromatic carbocycles. The third-order valence-corrected chi connectivity index (χ3v) is 4.07. The summed E-state index contributed by atoms with van der Waals surface area (Å²) in [6.07, 6.45) is 3.19. The monoisotopic (exact) mass is 383 g/mol. The number of amides is 3. The predicted octanol–water partition coefficient (Wildman–Crippen LogP) is 1.05. The summed E-state index contributed by atoms with van der Waals surface area (Å²) < 4.78 is 0. The van der Waals surface area contributed by atoms with Gasteiger partial charge in [0.25, 0.3) is 5.91 Å². The van der Waals surface area contributed by atoms with E-state index in [9.17, 15) is 14.4 Å². The topological polar surface area (TPSA) is 126 Å². The normalized spacial score (nSPS) is 11.6. The van der Waals surface area contributed by atoms with Gasteiger partial charge in [-0.05, 0) is 35.7 Å². The van der Waals surface area contributed by atoms with E-state index < -0.39 is 6.04 Å². The maximum atomic E-state index is 12.2. The average molecular weight is 383 g/mol. The average Bonchev–Trinajstić information content (AvgIpc) is 2.70. The van der Waals surface area contributed by atoms with Crippen LogP contribution in [0.1, 0.15) is 29.8 Å². The standard InChI is InChI=1S/C20H25N5O3/c1-13(2)18(21)20(28)24-12-17(26)23-10-14-5-7-15(8-6-14)19(27)25-16-4-3-9-22-11-16/h3-9,11,13,18H,10,12,21H2,1-2H3,(H,23,26)(H,24,28)(H,25,27)/t18-/m0/s1. The molecule has 148 valence electrons. The molecule has 3 amide bonds. The van der Waals surface area contributed by atoms with Gasteiger partial charge in [0, 0.05) is 18.3 Å². The molecule has 0 radical (unpaired) electrons. The highest BCUT2D eigenvalue weighted by Gasteiger charge is 2.17. The number of hydrogen-bond acceptors (Lipinski definition) is 5. The van der Waals surface area contributed by atoms with E-state index in [1.807, 2.05) is 13.8 Å². The minimum Gasteiger partial charge on any atom is -0.350 e. The van der Waals surface area contributed by atoms with Crippen molar-refractivity contribution in [3.05, 3.63) is 59.9 Å². The molecule has 8 heteroatoms. The van der Waals surface area contributed by atoms with Gasteiger partial charge in [-0.15, -0.1) is 0 Å². The summed E-state index contributed by atoms with van der Waals surface area (Å²) in [6.45, 7) is 3.83. The number of carbonyl (C=O) groups excluding carboxylic acids is 3.